The molecule has 0 saturated heterocycles. The van der Waals surface area contributed by atoms with Gasteiger partial charge < -0.3 is 15.5 Å². The fraction of sp³-hybridized carbons (Fsp3) is 0.471. The van der Waals surface area contributed by atoms with Crippen LogP contribution in [0, 0.1) is 0 Å². The Kier molecular flexibility index (Phi) is 5.67. The molecule has 0 heterocycles. The van der Waals surface area contributed by atoms with E-state index in [4.69, 9.17) is 0 Å². The molecule has 1 aliphatic carbocycles. The van der Waals surface area contributed by atoms with Gasteiger partial charge in [0.25, 0.3) is 0 Å². The van der Waals surface area contributed by atoms with E-state index >= 15 is 0 Å². The first-order valence-corrected chi connectivity index (χ1v) is 7.61. The highest BCUT2D eigenvalue weighted by Crippen LogP contribution is 2.13. The average molecular weight is 287 g/mol. The minimum Gasteiger partial charge on any atom is -0.378 e. The molecule has 1 aromatic rings. The van der Waals surface area contributed by atoms with E-state index in [1.54, 1.807) is 0 Å². The Morgan fingerprint density at radius 2 is 1.86 bits per heavy atom. The molecule has 0 unspecified atom stereocenters. The monoisotopic (exact) mass is 287 g/mol. The number of hydrogen-bond acceptors (Lipinski definition) is 2. The van der Waals surface area contributed by atoms with Crippen LogP contribution in [0.1, 0.15) is 24.8 Å². The summed E-state index contributed by atoms with van der Waals surface area (Å²) in [5, 5.41) is 5.90. The molecule has 2 rings (SSSR count). The number of nitrogens with zero attached hydrogens (tertiary/aromatic N) is 1. The van der Waals surface area contributed by atoms with Gasteiger partial charge in [0.15, 0.2) is 0 Å². The topological polar surface area (TPSA) is 44.4 Å². The van der Waals surface area contributed by atoms with Gasteiger partial charge in [-0.15, -0.1) is 0 Å². The van der Waals surface area contributed by atoms with Gasteiger partial charge in [0.2, 0.25) is 0 Å². The molecule has 0 fully saturated rings. The summed E-state index contributed by atoms with van der Waals surface area (Å²) in [6.45, 7) is 0.710. The maximum Gasteiger partial charge on any atom is 0.315 e. The molecule has 0 radical (unpaired) electrons. The molecule has 114 valence electrons. The number of rotatable bonds is 6. The van der Waals surface area contributed by atoms with Crippen molar-refractivity contribution in [1.29, 1.82) is 0 Å². The van der Waals surface area contributed by atoms with Crippen LogP contribution in [0.15, 0.2) is 36.4 Å². The predicted molar refractivity (Wildman–Crippen MR) is 87.8 cm³/mol. The lowest BCUT2D eigenvalue weighted by Crippen LogP contribution is -2.41. The summed E-state index contributed by atoms with van der Waals surface area (Å²) in [7, 11) is 4.08. The summed E-state index contributed by atoms with van der Waals surface area (Å²) in [6, 6.07) is 8.79. The lowest BCUT2D eigenvalue weighted by molar-refractivity contribution is 0.237. The van der Waals surface area contributed by atoms with E-state index in [0.717, 1.165) is 25.7 Å². The Balaban J connectivity index is 1.61. The molecule has 0 aromatic heterocycles. The Hall–Kier alpha value is -1.97. The molecule has 21 heavy (non-hydrogen) atoms. The van der Waals surface area contributed by atoms with Crippen LogP contribution in [0.4, 0.5) is 10.5 Å². The van der Waals surface area contributed by atoms with Crippen LogP contribution in [0.3, 0.4) is 0 Å². The van der Waals surface area contributed by atoms with Gasteiger partial charge in [-0.3, -0.25) is 0 Å². The predicted octanol–water partition coefficient (Wildman–Crippen LogP) is 2.70. The number of aryl methyl sites for hydroxylation is 1. The maximum absolute atomic E-state index is 11.7. The molecule has 4 nitrogen and oxygen atoms in total. The van der Waals surface area contributed by atoms with E-state index in [1.165, 1.54) is 11.3 Å². The van der Waals surface area contributed by atoms with Gasteiger partial charge in [-0.25, -0.2) is 4.79 Å². The van der Waals surface area contributed by atoms with E-state index in [2.05, 4.69) is 52.0 Å². The lowest BCUT2D eigenvalue weighted by atomic mass is 10.1. The van der Waals surface area contributed by atoms with Crippen LogP contribution in [0.25, 0.3) is 0 Å². The van der Waals surface area contributed by atoms with Crippen molar-refractivity contribution < 1.29 is 4.79 Å². The normalized spacial score (nSPS) is 14.2. The highest BCUT2D eigenvalue weighted by molar-refractivity contribution is 5.74. The molecular weight excluding hydrogens is 262 g/mol. The Bertz CT molecular complexity index is 471. The van der Waals surface area contributed by atoms with Crippen molar-refractivity contribution in [3.05, 3.63) is 42.0 Å². The standard InChI is InChI=1S/C17H25N3O/c1-20(2)16-11-9-14(10-12-16)6-5-13-18-17(21)19-15-7-3-4-8-15/h3-4,9-12,15H,5-8,13H2,1-2H3,(H2,18,19,21). The molecule has 2 amide bonds. The van der Waals surface area contributed by atoms with Crippen molar-refractivity contribution in [2.45, 2.75) is 31.7 Å². The van der Waals surface area contributed by atoms with Crippen molar-refractivity contribution in [2.24, 2.45) is 0 Å². The van der Waals surface area contributed by atoms with Gasteiger partial charge in [0, 0.05) is 32.4 Å². The Morgan fingerprint density at radius 3 is 2.48 bits per heavy atom. The van der Waals surface area contributed by atoms with Crippen molar-refractivity contribution in [3.8, 4) is 0 Å². The fourth-order valence-electron chi connectivity index (χ4n) is 2.43. The smallest absolute Gasteiger partial charge is 0.315 e. The van der Waals surface area contributed by atoms with Gasteiger partial charge in [-0.1, -0.05) is 24.3 Å². The quantitative estimate of drug-likeness (QED) is 0.624. The molecule has 0 bridgehead atoms. The van der Waals surface area contributed by atoms with E-state index in [1.807, 2.05) is 14.1 Å². The third-order valence-corrected chi connectivity index (χ3v) is 3.72. The van der Waals surface area contributed by atoms with Crippen molar-refractivity contribution in [3.63, 3.8) is 0 Å². The zero-order chi connectivity index (χ0) is 15.1. The van der Waals surface area contributed by atoms with E-state index in [0.29, 0.717) is 6.54 Å². The van der Waals surface area contributed by atoms with Gasteiger partial charge in [-0.05, 0) is 43.4 Å². The number of carbonyl (C=O) groups excluding carboxylic acids is 1. The van der Waals surface area contributed by atoms with Crippen LogP contribution >= 0.6 is 0 Å². The second-order valence-electron chi connectivity index (χ2n) is 5.70. The van der Waals surface area contributed by atoms with Crippen molar-refractivity contribution in [1.82, 2.24) is 10.6 Å². The average Bonchev–Trinajstić information content (AvgIpc) is 2.97. The minimum absolute atomic E-state index is 0.0494. The summed E-state index contributed by atoms with van der Waals surface area (Å²) in [5.41, 5.74) is 2.52. The van der Waals surface area contributed by atoms with Crippen LogP contribution in [0.2, 0.25) is 0 Å². The molecule has 0 atom stereocenters. The van der Waals surface area contributed by atoms with Crippen LogP contribution < -0.4 is 15.5 Å². The van der Waals surface area contributed by atoms with Crippen molar-refractivity contribution in [2.75, 3.05) is 25.5 Å². The summed E-state index contributed by atoms with van der Waals surface area (Å²) in [6.07, 6.45) is 8.07. The summed E-state index contributed by atoms with van der Waals surface area (Å²) >= 11 is 0. The maximum atomic E-state index is 11.7. The lowest BCUT2D eigenvalue weighted by Gasteiger charge is -2.14. The number of benzene rings is 1. The van der Waals surface area contributed by atoms with Crippen LogP contribution in [-0.2, 0) is 6.42 Å². The Morgan fingerprint density at radius 1 is 1.19 bits per heavy atom. The molecule has 0 saturated carbocycles. The van der Waals surface area contributed by atoms with E-state index in [-0.39, 0.29) is 12.1 Å². The van der Waals surface area contributed by atoms with E-state index < -0.39 is 0 Å². The van der Waals surface area contributed by atoms with Gasteiger partial charge in [-0.2, -0.15) is 0 Å². The van der Waals surface area contributed by atoms with Gasteiger partial charge >= 0.3 is 6.03 Å². The van der Waals surface area contributed by atoms with Crippen LogP contribution in [-0.4, -0.2) is 32.7 Å². The SMILES string of the molecule is CN(C)c1ccc(CCCNC(=O)NC2CC=CC2)cc1. The van der Waals surface area contributed by atoms with Gasteiger partial charge in [0.1, 0.15) is 0 Å². The molecule has 2 N–H and O–H groups in total. The number of amides is 2. The third kappa shape index (κ3) is 5.14. The van der Waals surface area contributed by atoms with Crippen molar-refractivity contribution >= 4 is 11.7 Å². The number of nitrogens with one attached hydrogen (secondary N) is 2. The highest BCUT2D eigenvalue weighted by atomic mass is 16.2. The second kappa shape index (κ2) is 7.72. The summed E-state index contributed by atoms with van der Waals surface area (Å²) in [4.78, 5) is 13.8. The summed E-state index contributed by atoms with van der Waals surface area (Å²) in [5.74, 6) is 0. The highest BCUT2D eigenvalue weighted by Gasteiger charge is 2.12. The largest absolute Gasteiger partial charge is 0.378 e. The molecular formula is C17H25N3O. The third-order valence-electron chi connectivity index (χ3n) is 3.72. The Labute approximate surface area is 127 Å². The molecule has 0 aliphatic heterocycles. The number of anilines is 1. The minimum atomic E-state index is -0.0494. The first-order chi connectivity index (χ1) is 10.1. The fourth-order valence-corrected chi connectivity index (χ4v) is 2.43. The second-order valence-corrected chi connectivity index (χ2v) is 5.70. The molecule has 1 aromatic carbocycles. The number of urea groups is 1. The first kappa shape index (κ1) is 15.4. The molecule has 1 aliphatic rings. The van der Waals surface area contributed by atoms with Crippen LogP contribution in [0.5, 0.6) is 0 Å². The zero-order valence-electron chi connectivity index (χ0n) is 12.9. The summed E-state index contributed by atoms with van der Waals surface area (Å²) < 4.78 is 0. The first-order valence-electron chi connectivity index (χ1n) is 7.61. The molecule has 0 spiro atoms. The molecule has 4 heteroatoms. The van der Waals surface area contributed by atoms with E-state index in [9.17, 15) is 4.79 Å². The number of carbonyl (C=O) groups is 1. The number of hydrogen-bond donors (Lipinski definition) is 2. The van der Waals surface area contributed by atoms with Gasteiger partial charge in [0.05, 0.1) is 0 Å². The zero-order valence-corrected chi connectivity index (χ0v) is 12.9.